The van der Waals surface area contributed by atoms with Crippen molar-refractivity contribution in [2.24, 2.45) is 0 Å². The number of nitrogens with one attached hydrogen (secondary N) is 1. The molecule has 2 rings (SSSR count). The van der Waals surface area contributed by atoms with Crippen LogP contribution in [0.2, 0.25) is 0 Å². The van der Waals surface area contributed by atoms with Gasteiger partial charge in [-0.2, -0.15) is 0 Å². The first kappa shape index (κ1) is 15.4. The molecule has 0 radical (unpaired) electrons. The molecule has 2 aromatic heterocycles. The van der Waals surface area contributed by atoms with Gasteiger partial charge >= 0.3 is 5.97 Å². The highest BCUT2D eigenvalue weighted by atomic mass is 32.1. The Morgan fingerprint density at radius 3 is 2.62 bits per heavy atom. The third-order valence-electron chi connectivity index (χ3n) is 3.03. The molecule has 0 aromatic carbocycles. The van der Waals surface area contributed by atoms with Gasteiger partial charge in [0.1, 0.15) is 10.8 Å². The molecule has 0 saturated heterocycles. The number of hydrogen-bond donors (Lipinski definition) is 2. The predicted octanol–water partition coefficient (Wildman–Crippen LogP) is 3.71. The molecule has 0 aliphatic carbocycles. The van der Waals surface area contributed by atoms with Crippen molar-refractivity contribution in [2.45, 2.75) is 39.2 Å². The summed E-state index contributed by atoms with van der Waals surface area (Å²) in [5.41, 5.74) is 0.770. The summed E-state index contributed by atoms with van der Waals surface area (Å²) in [6.45, 7) is 8.00. The highest BCUT2D eigenvalue weighted by molar-refractivity contribution is 7.09. The number of anilines is 1. The van der Waals surface area contributed by atoms with Crippen LogP contribution in [0.3, 0.4) is 0 Å². The molecule has 2 heterocycles. The van der Waals surface area contributed by atoms with Gasteiger partial charge in [0.15, 0.2) is 0 Å². The Morgan fingerprint density at radius 2 is 2.10 bits per heavy atom. The van der Waals surface area contributed by atoms with Gasteiger partial charge in [-0.25, -0.2) is 14.8 Å². The average molecular weight is 305 g/mol. The van der Waals surface area contributed by atoms with E-state index in [1.54, 1.807) is 29.7 Å². The van der Waals surface area contributed by atoms with Gasteiger partial charge in [0, 0.05) is 22.7 Å². The van der Waals surface area contributed by atoms with Crippen LogP contribution in [-0.2, 0) is 5.41 Å². The molecule has 0 saturated carbocycles. The zero-order valence-electron chi connectivity index (χ0n) is 12.5. The molecule has 0 spiro atoms. The molecule has 5 nitrogen and oxygen atoms in total. The van der Waals surface area contributed by atoms with E-state index in [9.17, 15) is 9.90 Å². The summed E-state index contributed by atoms with van der Waals surface area (Å²) >= 11 is 1.55. The van der Waals surface area contributed by atoms with Crippen LogP contribution in [0.4, 0.5) is 5.82 Å². The first-order valence-electron chi connectivity index (χ1n) is 6.69. The van der Waals surface area contributed by atoms with Crippen LogP contribution in [0, 0.1) is 0 Å². The third kappa shape index (κ3) is 3.78. The van der Waals surface area contributed by atoms with E-state index >= 15 is 0 Å². The van der Waals surface area contributed by atoms with Gasteiger partial charge in [-0.05, 0) is 19.1 Å². The van der Waals surface area contributed by atoms with E-state index in [0.29, 0.717) is 5.82 Å². The Bertz CT molecular complexity index is 633. The molecular formula is C15H19N3O2S. The van der Waals surface area contributed by atoms with Gasteiger partial charge < -0.3 is 10.4 Å². The smallest absolute Gasteiger partial charge is 0.335 e. The zero-order chi connectivity index (χ0) is 15.6. The van der Waals surface area contributed by atoms with Crippen molar-refractivity contribution < 1.29 is 9.90 Å². The minimum atomic E-state index is -0.951. The maximum atomic E-state index is 11.3. The van der Waals surface area contributed by atoms with Gasteiger partial charge in [-0.15, -0.1) is 11.3 Å². The first-order chi connectivity index (χ1) is 9.77. The fourth-order valence-electron chi connectivity index (χ4n) is 1.84. The molecule has 1 unspecified atom stereocenters. The van der Waals surface area contributed by atoms with E-state index in [4.69, 9.17) is 0 Å². The van der Waals surface area contributed by atoms with Crippen molar-refractivity contribution in [2.75, 3.05) is 5.32 Å². The summed E-state index contributed by atoms with van der Waals surface area (Å²) in [6, 6.07) is 3.16. The highest BCUT2D eigenvalue weighted by Gasteiger charge is 2.20. The van der Waals surface area contributed by atoms with Crippen LogP contribution < -0.4 is 5.32 Å². The molecule has 21 heavy (non-hydrogen) atoms. The van der Waals surface area contributed by atoms with Gasteiger partial charge in [0.05, 0.1) is 11.6 Å². The lowest BCUT2D eigenvalue weighted by atomic mass is 9.90. The topological polar surface area (TPSA) is 75.1 Å². The van der Waals surface area contributed by atoms with Gasteiger partial charge in [0.2, 0.25) is 0 Å². The second kappa shape index (κ2) is 5.81. The Hall–Kier alpha value is -1.95. The molecule has 2 aromatic rings. The molecule has 6 heteroatoms. The molecule has 0 fully saturated rings. The van der Waals surface area contributed by atoms with E-state index in [1.807, 2.05) is 33.1 Å². The van der Waals surface area contributed by atoms with Gasteiger partial charge in [-0.1, -0.05) is 20.8 Å². The van der Waals surface area contributed by atoms with Crippen molar-refractivity contribution >= 4 is 23.1 Å². The Labute approximate surface area is 128 Å². The Balaban J connectivity index is 2.34. The Morgan fingerprint density at radius 1 is 1.38 bits per heavy atom. The standard InChI is InChI=1S/C15H19N3O2S/c1-9(13-16-5-6-21-13)17-12-8-10(14(19)20)7-11(18-12)15(2,3)4/h5-9H,1-4H3,(H,17,18)(H,19,20). The average Bonchev–Trinajstić information content (AvgIpc) is 2.91. The van der Waals surface area contributed by atoms with E-state index in [0.717, 1.165) is 10.7 Å². The Kier molecular flexibility index (Phi) is 4.27. The summed E-state index contributed by atoms with van der Waals surface area (Å²) in [6.07, 6.45) is 1.75. The zero-order valence-corrected chi connectivity index (χ0v) is 13.4. The van der Waals surface area contributed by atoms with E-state index in [2.05, 4.69) is 15.3 Å². The number of thiazole rings is 1. The van der Waals surface area contributed by atoms with Crippen molar-refractivity contribution in [3.63, 3.8) is 0 Å². The molecule has 2 N–H and O–H groups in total. The molecule has 0 aliphatic rings. The molecular weight excluding hydrogens is 286 g/mol. The van der Waals surface area contributed by atoms with Crippen molar-refractivity contribution in [1.82, 2.24) is 9.97 Å². The number of pyridine rings is 1. The number of carbonyl (C=O) groups is 1. The van der Waals surface area contributed by atoms with Gasteiger partial charge in [0.25, 0.3) is 0 Å². The minimum absolute atomic E-state index is 0.0191. The predicted molar refractivity (Wildman–Crippen MR) is 84.0 cm³/mol. The molecule has 112 valence electrons. The first-order valence-corrected chi connectivity index (χ1v) is 7.57. The lowest BCUT2D eigenvalue weighted by molar-refractivity contribution is 0.0696. The van der Waals surface area contributed by atoms with E-state index < -0.39 is 5.97 Å². The number of aromatic nitrogens is 2. The van der Waals surface area contributed by atoms with E-state index in [-0.39, 0.29) is 17.0 Å². The second-order valence-electron chi connectivity index (χ2n) is 5.92. The maximum Gasteiger partial charge on any atom is 0.335 e. The number of aromatic carboxylic acids is 1. The quantitative estimate of drug-likeness (QED) is 0.900. The largest absolute Gasteiger partial charge is 0.478 e. The fourth-order valence-corrected chi connectivity index (χ4v) is 2.49. The fraction of sp³-hybridized carbons (Fsp3) is 0.400. The summed E-state index contributed by atoms with van der Waals surface area (Å²) < 4.78 is 0. The van der Waals surface area contributed by atoms with E-state index in [1.165, 1.54) is 0 Å². The molecule has 0 aliphatic heterocycles. The minimum Gasteiger partial charge on any atom is -0.478 e. The summed E-state index contributed by atoms with van der Waals surface area (Å²) in [5.74, 6) is -0.393. The van der Waals surface area contributed by atoms with Crippen LogP contribution in [0.1, 0.15) is 54.8 Å². The van der Waals surface area contributed by atoms with Crippen LogP contribution in [0.25, 0.3) is 0 Å². The van der Waals surface area contributed by atoms with Crippen LogP contribution in [0.5, 0.6) is 0 Å². The summed E-state index contributed by atoms with van der Waals surface area (Å²) in [5, 5.41) is 15.3. The number of carboxylic acids is 1. The molecule has 0 amide bonds. The van der Waals surface area contributed by atoms with Crippen molar-refractivity contribution in [1.29, 1.82) is 0 Å². The summed E-state index contributed by atoms with van der Waals surface area (Å²) in [7, 11) is 0. The number of rotatable bonds is 4. The van der Waals surface area contributed by atoms with Crippen LogP contribution in [0.15, 0.2) is 23.7 Å². The summed E-state index contributed by atoms with van der Waals surface area (Å²) in [4.78, 5) is 20.1. The van der Waals surface area contributed by atoms with Crippen molar-refractivity contribution in [3.8, 4) is 0 Å². The maximum absolute atomic E-state index is 11.3. The lowest BCUT2D eigenvalue weighted by Crippen LogP contribution is -2.17. The van der Waals surface area contributed by atoms with Crippen LogP contribution >= 0.6 is 11.3 Å². The van der Waals surface area contributed by atoms with Gasteiger partial charge in [-0.3, -0.25) is 0 Å². The SMILES string of the molecule is CC(Nc1cc(C(=O)O)cc(C(C)(C)C)n1)c1nccs1. The lowest BCUT2D eigenvalue weighted by Gasteiger charge is -2.20. The number of nitrogens with zero attached hydrogens (tertiary/aromatic N) is 2. The number of hydrogen-bond acceptors (Lipinski definition) is 5. The third-order valence-corrected chi connectivity index (χ3v) is 3.99. The van der Waals surface area contributed by atoms with Crippen molar-refractivity contribution in [3.05, 3.63) is 40.0 Å². The molecule has 0 bridgehead atoms. The normalized spacial score (nSPS) is 13.0. The van der Waals surface area contributed by atoms with Crippen LogP contribution in [-0.4, -0.2) is 21.0 Å². The molecule has 1 atom stereocenters. The highest BCUT2D eigenvalue weighted by Crippen LogP contribution is 2.26. The number of carboxylic acid groups (broad SMARTS) is 1. The second-order valence-corrected chi connectivity index (χ2v) is 6.84. The monoisotopic (exact) mass is 305 g/mol.